The van der Waals surface area contributed by atoms with Crippen molar-refractivity contribution in [1.82, 2.24) is 4.57 Å². The Bertz CT molecular complexity index is 1160. The maximum atomic E-state index is 15.2. The van der Waals surface area contributed by atoms with E-state index in [9.17, 15) is 20.0 Å². The van der Waals surface area contributed by atoms with E-state index in [2.05, 4.69) is 6.07 Å². The quantitative estimate of drug-likeness (QED) is 0.820. The van der Waals surface area contributed by atoms with Gasteiger partial charge in [-0.05, 0) is 44.1 Å². The highest BCUT2D eigenvalue weighted by Gasteiger charge is 2.48. The van der Waals surface area contributed by atoms with Crippen LogP contribution in [0.1, 0.15) is 54.1 Å². The van der Waals surface area contributed by atoms with Gasteiger partial charge in [0.05, 0.1) is 16.6 Å². The number of carboxylic acid groups (broad SMARTS) is 1. The highest BCUT2D eigenvalue weighted by molar-refractivity contribution is 5.96. The molecule has 1 saturated heterocycles. The summed E-state index contributed by atoms with van der Waals surface area (Å²) in [7, 11) is 0. The average molecular weight is 396 g/mol. The Hall–Kier alpha value is -2.92. The number of halogens is 1. The largest absolute Gasteiger partial charge is 0.477 e. The van der Waals surface area contributed by atoms with Gasteiger partial charge in [-0.15, -0.1) is 0 Å². The number of anilines is 1. The van der Waals surface area contributed by atoms with E-state index in [0.717, 1.165) is 38.2 Å². The normalized spacial score (nSPS) is 22.7. The van der Waals surface area contributed by atoms with Crippen molar-refractivity contribution < 1.29 is 14.3 Å². The second-order valence-corrected chi connectivity index (χ2v) is 8.57. The Morgan fingerprint density at radius 1 is 1.34 bits per heavy atom. The van der Waals surface area contributed by atoms with Crippen LogP contribution in [0.2, 0.25) is 0 Å². The fourth-order valence-electron chi connectivity index (χ4n) is 4.67. The summed E-state index contributed by atoms with van der Waals surface area (Å²) in [4.78, 5) is 26.1. The Kier molecular flexibility index (Phi) is 3.77. The lowest BCUT2D eigenvalue weighted by Gasteiger charge is -2.24. The topological polar surface area (TPSA) is 112 Å². The van der Waals surface area contributed by atoms with Crippen LogP contribution in [-0.2, 0) is 0 Å². The highest BCUT2D eigenvalue weighted by atomic mass is 19.1. The average Bonchev–Trinajstić information content (AvgIpc) is 3.61. The fraction of sp³-hybridized carbons (Fsp3) is 0.476. The van der Waals surface area contributed by atoms with Crippen LogP contribution in [-0.4, -0.2) is 34.3 Å². The van der Waals surface area contributed by atoms with Crippen molar-refractivity contribution in [2.24, 2.45) is 11.7 Å². The van der Waals surface area contributed by atoms with Gasteiger partial charge in [0, 0.05) is 30.9 Å². The van der Waals surface area contributed by atoms with Crippen molar-refractivity contribution in [3.8, 4) is 6.07 Å². The lowest BCUT2D eigenvalue weighted by Crippen LogP contribution is -2.35. The number of pyridine rings is 1. The molecule has 2 aliphatic carbocycles. The number of fused-ring (bicyclic) bond motifs is 1. The molecule has 1 atom stereocenters. The molecule has 0 radical (unpaired) electrons. The van der Waals surface area contributed by atoms with Crippen LogP contribution in [0.5, 0.6) is 0 Å². The molecule has 3 aliphatic rings. The van der Waals surface area contributed by atoms with E-state index in [-0.39, 0.29) is 34.1 Å². The van der Waals surface area contributed by atoms with Crippen LogP contribution < -0.4 is 16.1 Å². The molecule has 3 N–H and O–H groups in total. The summed E-state index contributed by atoms with van der Waals surface area (Å²) in [6.45, 7) is 1.18. The molecule has 3 fully saturated rings. The first kappa shape index (κ1) is 18.1. The maximum Gasteiger partial charge on any atom is 0.341 e. The summed E-state index contributed by atoms with van der Waals surface area (Å²) in [5, 5.41) is 19.3. The Morgan fingerprint density at radius 2 is 2.07 bits per heavy atom. The number of hydrogen-bond acceptors (Lipinski definition) is 5. The number of benzene rings is 1. The van der Waals surface area contributed by atoms with Gasteiger partial charge in [-0.25, -0.2) is 9.18 Å². The summed E-state index contributed by atoms with van der Waals surface area (Å²) in [5.74, 6) is -1.77. The van der Waals surface area contributed by atoms with E-state index in [1.807, 2.05) is 4.90 Å². The molecule has 29 heavy (non-hydrogen) atoms. The number of nitrogens with two attached hydrogens (primary N) is 1. The number of aromatic nitrogens is 1. The predicted molar refractivity (Wildman–Crippen MR) is 105 cm³/mol. The van der Waals surface area contributed by atoms with Crippen molar-refractivity contribution in [1.29, 1.82) is 5.26 Å². The Labute approximate surface area is 166 Å². The minimum absolute atomic E-state index is 0.0201. The van der Waals surface area contributed by atoms with E-state index >= 15 is 4.39 Å². The number of carbonyl (C=O) groups is 1. The van der Waals surface area contributed by atoms with Gasteiger partial charge in [0.15, 0.2) is 0 Å². The predicted octanol–water partition coefficient (Wildman–Crippen LogP) is 2.36. The minimum atomic E-state index is -1.35. The number of hydrogen-bond donors (Lipinski definition) is 2. The SMILES string of the molecule is N#Cc1c(N2CC[C@@H](C3(N)CC3)C2)c(F)cc2c(=O)c(C(=O)O)cn(C3CC3)c12. The summed E-state index contributed by atoms with van der Waals surface area (Å²) in [6.07, 6.45) is 5.74. The second kappa shape index (κ2) is 6.04. The highest BCUT2D eigenvalue weighted by Crippen LogP contribution is 2.46. The molecule has 0 bridgehead atoms. The van der Waals surface area contributed by atoms with Crippen molar-refractivity contribution in [3.05, 3.63) is 39.4 Å². The molecular formula is C21H21FN4O3. The van der Waals surface area contributed by atoms with E-state index in [1.54, 1.807) is 4.57 Å². The molecule has 150 valence electrons. The maximum absolute atomic E-state index is 15.2. The van der Waals surface area contributed by atoms with Crippen LogP contribution >= 0.6 is 0 Å². The fourth-order valence-corrected chi connectivity index (χ4v) is 4.67. The summed E-state index contributed by atoms with van der Waals surface area (Å²) in [5.41, 5.74) is 5.63. The number of aromatic carboxylic acids is 1. The third-order valence-corrected chi connectivity index (χ3v) is 6.67. The zero-order valence-corrected chi connectivity index (χ0v) is 15.8. The third-order valence-electron chi connectivity index (χ3n) is 6.67. The van der Waals surface area contributed by atoms with Crippen molar-refractivity contribution in [3.63, 3.8) is 0 Å². The van der Waals surface area contributed by atoms with E-state index in [4.69, 9.17) is 5.73 Å². The molecule has 1 aliphatic heterocycles. The second-order valence-electron chi connectivity index (χ2n) is 8.57. The Balaban J connectivity index is 1.72. The Morgan fingerprint density at radius 3 is 2.66 bits per heavy atom. The first-order valence-corrected chi connectivity index (χ1v) is 9.92. The molecular weight excluding hydrogens is 375 g/mol. The van der Waals surface area contributed by atoms with Gasteiger partial charge in [0.2, 0.25) is 5.43 Å². The molecule has 8 heteroatoms. The third kappa shape index (κ3) is 2.72. The van der Waals surface area contributed by atoms with E-state index < -0.39 is 22.8 Å². The lowest BCUT2D eigenvalue weighted by molar-refractivity contribution is 0.0695. The molecule has 2 heterocycles. The summed E-state index contributed by atoms with van der Waals surface area (Å²) < 4.78 is 16.9. The van der Waals surface area contributed by atoms with Gasteiger partial charge in [-0.2, -0.15) is 5.26 Å². The van der Waals surface area contributed by atoms with E-state index in [1.165, 1.54) is 6.20 Å². The monoisotopic (exact) mass is 396 g/mol. The van der Waals surface area contributed by atoms with Crippen LogP contribution in [0, 0.1) is 23.1 Å². The van der Waals surface area contributed by atoms with Gasteiger partial charge >= 0.3 is 5.97 Å². The van der Waals surface area contributed by atoms with Crippen molar-refractivity contribution >= 4 is 22.6 Å². The smallest absolute Gasteiger partial charge is 0.341 e. The molecule has 0 amide bonds. The number of carboxylic acids is 1. The van der Waals surface area contributed by atoms with Gasteiger partial charge in [-0.3, -0.25) is 4.79 Å². The molecule has 5 rings (SSSR count). The molecule has 0 spiro atoms. The van der Waals surface area contributed by atoms with E-state index in [0.29, 0.717) is 18.6 Å². The van der Waals surface area contributed by atoms with Crippen LogP contribution in [0.25, 0.3) is 10.9 Å². The van der Waals surface area contributed by atoms with Crippen molar-refractivity contribution in [2.45, 2.75) is 43.7 Å². The molecule has 1 aromatic heterocycles. The van der Waals surface area contributed by atoms with Gasteiger partial charge in [0.1, 0.15) is 23.0 Å². The summed E-state index contributed by atoms with van der Waals surface area (Å²) >= 11 is 0. The number of rotatable bonds is 4. The zero-order chi connectivity index (χ0) is 20.5. The molecule has 0 unspecified atom stereocenters. The molecule has 1 aromatic carbocycles. The van der Waals surface area contributed by atoms with Gasteiger partial charge < -0.3 is 20.3 Å². The van der Waals surface area contributed by atoms with Crippen LogP contribution in [0.3, 0.4) is 0 Å². The van der Waals surface area contributed by atoms with Crippen molar-refractivity contribution in [2.75, 3.05) is 18.0 Å². The lowest BCUT2D eigenvalue weighted by atomic mass is 9.97. The molecule has 7 nitrogen and oxygen atoms in total. The molecule has 2 saturated carbocycles. The molecule has 2 aromatic rings. The number of nitrogens with zero attached hydrogens (tertiary/aromatic N) is 3. The number of nitriles is 1. The standard InChI is InChI=1S/C21H21FN4O3/c22-16-7-13-17(26(12-1-2-12)10-15(19(13)27)20(28)29)14(8-23)18(16)25-6-3-11(9-25)21(24)4-5-21/h7,10-12H,1-6,9,24H2,(H,28,29)/t11-/m1/s1. The van der Waals surface area contributed by atoms with Gasteiger partial charge in [0.25, 0.3) is 0 Å². The first-order chi connectivity index (χ1) is 13.8. The van der Waals surface area contributed by atoms with Crippen LogP contribution in [0.15, 0.2) is 17.1 Å². The van der Waals surface area contributed by atoms with Crippen LogP contribution in [0.4, 0.5) is 10.1 Å². The first-order valence-electron chi connectivity index (χ1n) is 9.92. The minimum Gasteiger partial charge on any atom is -0.477 e. The van der Waals surface area contributed by atoms with Gasteiger partial charge in [-0.1, -0.05) is 0 Å². The summed E-state index contributed by atoms with van der Waals surface area (Å²) in [6, 6.07) is 3.22. The zero-order valence-electron chi connectivity index (χ0n) is 15.8.